The van der Waals surface area contributed by atoms with Crippen LogP contribution >= 0.6 is 0 Å². The van der Waals surface area contributed by atoms with Crippen molar-refractivity contribution in [3.63, 3.8) is 0 Å². The molecule has 1 aliphatic rings. The predicted octanol–water partition coefficient (Wildman–Crippen LogP) is 4.80. The van der Waals surface area contributed by atoms with E-state index in [1.807, 2.05) is 60.7 Å². The number of rotatable bonds is 5. The van der Waals surface area contributed by atoms with Crippen LogP contribution in [0.2, 0.25) is 0 Å². The van der Waals surface area contributed by atoms with Crippen LogP contribution in [0, 0.1) is 11.3 Å². The van der Waals surface area contributed by atoms with Crippen LogP contribution in [0.25, 0.3) is 12.2 Å². The van der Waals surface area contributed by atoms with Gasteiger partial charge in [0.1, 0.15) is 0 Å². The molecule has 3 rings (SSSR count). The van der Waals surface area contributed by atoms with Crippen LogP contribution in [0.15, 0.2) is 48.5 Å². The topological polar surface area (TPSA) is 58.2 Å². The standard InChI is InChI=1S/C22H24N2O2/c1-15(25)23-18-10-6-16(7-11-18)4-5-17-8-12-19(13-9-17)24-21(26)20-14-22(20,2)3/h4-13,20H,14H2,1-3H3,(H,23,25)(H,24,26)/b5-4+. The van der Waals surface area contributed by atoms with Crippen molar-refractivity contribution < 1.29 is 9.59 Å². The van der Waals surface area contributed by atoms with Gasteiger partial charge in [0, 0.05) is 24.2 Å². The van der Waals surface area contributed by atoms with Gasteiger partial charge in [-0.1, -0.05) is 50.3 Å². The Morgan fingerprint density at radius 2 is 1.31 bits per heavy atom. The summed E-state index contributed by atoms with van der Waals surface area (Å²) in [5.41, 5.74) is 3.86. The molecule has 1 saturated carbocycles. The first-order valence-corrected chi connectivity index (χ1v) is 8.80. The molecule has 4 nitrogen and oxygen atoms in total. The summed E-state index contributed by atoms with van der Waals surface area (Å²) in [6, 6.07) is 15.5. The normalized spacial score (nSPS) is 17.7. The minimum Gasteiger partial charge on any atom is -0.326 e. The highest BCUT2D eigenvalue weighted by Gasteiger charge is 2.50. The summed E-state index contributed by atoms with van der Waals surface area (Å²) in [4.78, 5) is 23.2. The zero-order valence-electron chi connectivity index (χ0n) is 15.4. The number of nitrogens with one attached hydrogen (secondary N) is 2. The van der Waals surface area contributed by atoms with Crippen molar-refractivity contribution >= 4 is 35.3 Å². The molecule has 0 aromatic heterocycles. The molecular formula is C22H24N2O2. The maximum absolute atomic E-state index is 12.1. The fourth-order valence-electron chi connectivity index (χ4n) is 2.89. The first-order chi connectivity index (χ1) is 12.3. The number of hydrogen-bond acceptors (Lipinski definition) is 2. The zero-order chi connectivity index (χ0) is 18.7. The minimum absolute atomic E-state index is 0.0780. The lowest BCUT2D eigenvalue weighted by atomic mass is 10.1. The Labute approximate surface area is 154 Å². The predicted molar refractivity (Wildman–Crippen MR) is 107 cm³/mol. The lowest BCUT2D eigenvalue weighted by Gasteiger charge is -2.07. The summed E-state index contributed by atoms with van der Waals surface area (Å²) in [6.07, 6.45) is 4.99. The monoisotopic (exact) mass is 348 g/mol. The van der Waals surface area contributed by atoms with Crippen LogP contribution < -0.4 is 10.6 Å². The summed E-state index contributed by atoms with van der Waals surface area (Å²) in [5, 5.41) is 5.73. The molecule has 1 aliphatic carbocycles. The van der Waals surface area contributed by atoms with Crippen molar-refractivity contribution in [1.29, 1.82) is 0 Å². The largest absolute Gasteiger partial charge is 0.326 e. The molecule has 1 unspecified atom stereocenters. The Bertz CT molecular complexity index is 833. The lowest BCUT2D eigenvalue weighted by Crippen LogP contribution is -2.16. The van der Waals surface area contributed by atoms with E-state index >= 15 is 0 Å². The molecule has 1 fully saturated rings. The van der Waals surface area contributed by atoms with Crippen LogP contribution in [-0.4, -0.2) is 11.8 Å². The molecule has 2 aromatic carbocycles. The van der Waals surface area contributed by atoms with Crippen molar-refractivity contribution in [1.82, 2.24) is 0 Å². The first kappa shape index (κ1) is 17.9. The molecule has 0 spiro atoms. The van der Waals surface area contributed by atoms with Gasteiger partial charge in [-0.3, -0.25) is 9.59 Å². The molecular weight excluding hydrogens is 324 g/mol. The van der Waals surface area contributed by atoms with Gasteiger partial charge in [-0.25, -0.2) is 0 Å². The Balaban J connectivity index is 1.57. The molecule has 2 amide bonds. The summed E-state index contributed by atoms with van der Waals surface area (Å²) in [5.74, 6) is 0.158. The van der Waals surface area contributed by atoms with Crippen molar-refractivity contribution in [3.05, 3.63) is 59.7 Å². The third-order valence-electron chi connectivity index (χ3n) is 4.71. The number of anilines is 2. The Hall–Kier alpha value is -2.88. The van der Waals surface area contributed by atoms with Crippen molar-refractivity contribution in [2.24, 2.45) is 11.3 Å². The van der Waals surface area contributed by atoms with Gasteiger partial charge in [-0.2, -0.15) is 0 Å². The maximum Gasteiger partial charge on any atom is 0.228 e. The number of amides is 2. The van der Waals surface area contributed by atoms with Crippen molar-refractivity contribution in [3.8, 4) is 0 Å². The summed E-state index contributed by atoms with van der Waals surface area (Å²) >= 11 is 0. The molecule has 1 atom stereocenters. The van der Waals surface area contributed by atoms with E-state index in [2.05, 4.69) is 24.5 Å². The SMILES string of the molecule is CC(=O)Nc1ccc(/C=C/c2ccc(NC(=O)C3CC3(C)C)cc2)cc1. The molecule has 2 N–H and O–H groups in total. The molecule has 2 aromatic rings. The first-order valence-electron chi connectivity index (χ1n) is 8.80. The van der Waals surface area contributed by atoms with E-state index in [-0.39, 0.29) is 23.1 Å². The summed E-state index contributed by atoms with van der Waals surface area (Å²) < 4.78 is 0. The van der Waals surface area contributed by atoms with Gasteiger partial charge in [-0.15, -0.1) is 0 Å². The second kappa shape index (κ2) is 7.16. The molecule has 0 radical (unpaired) electrons. The lowest BCUT2D eigenvalue weighted by molar-refractivity contribution is -0.118. The highest BCUT2D eigenvalue weighted by atomic mass is 16.2. The second-order valence-electron chi connectivity index (χ2n) is 7.49. The Morgan fingerprint density at radius 3 is 1.69 bits per heavy atom. The van der Waals surface area contributed by atoms with Crippen LogP contribution in [0.1, 0.15) is 38.3 Å². The summed E-state index contributed by atoms with van der Waals surface area (Å²) in [7, 11) is 0. The fourth-order valence-corrected chi connectivity index (χ4v) is 2.89. The van der Waals surface area contributed by atoms with Gasteiger partial charge in [0.15, 0.2) is 0 Å². The third-order valence-corrected chi connectivity index (χ3v) is 4.71. The van der Waals surface area contributed by atoms with E-state index in [0.29, 0.717) is 0 Å². The highest BCUT2D eigenvalue weighted by Crippen LogP contribution is 2.51. The van der Waals surface area contributed by atoms with Gasteiger partial charge in [0.05, 0.1) is 0 Å². The summed E-state index contributed by atoms with van der Waals surface area (Å²) in [6.45, 7) is 5.73. The number of benzene rings is 2. The number of hydrogen-bond donors (Lipinski definition) is 2. The van der Waals surface area contributed by atoms with E-state index in [0.717, 1.165) is 28.9 Å². The van der Waals surface area contributed by atoms with E-state index in [1.165, 1.54) is 6.92 Å². The van der Waals surface area contributed by atoms with Crippen LogP contribution in [0.3, 0.4) is 0 Å². The third kappa shape index (κ3) is 4.60. The Kier molecular flexibility index (Phi) is 4.94. The van der Waals surface area contributed by atoms with E-state index in [9.17, 15) is 9.59 Å². The van der Waals surface area contributed by atoms with Gasteiger partial charge in [0.25, 0.3) is 0 Å². The van der Waals surface area contributed by atoms with Gasteiger partial charge in [-0.05, 0) is 47.2 Å². The van der Waals surface area contributed by atoms with Crippen LogP contribution in [0.4, 0.5) is 11.4 Å². The highest BCUT2D eigenvalue weighted by molar-refractivity contribution is 5.95. The molecule has 134 valence electrons. The minimum atomic E-state index is -0.0780. The van der Waals surface area contributed by atoms with Gasteiger partial charge in [0.2, 0.25) is 11.8 Å². The second-order valence-corrected chi connectivity index (χ2v) is 7.49. The van der Waals surface area contributed by atoms with Crippen molar-refractivity contribution in [2.45, 2.75) is 27.2 Å². The maximum atomic E-state index is 12.1. The molecule has 0 heterocycles. The smallest absolute Gasteiger partial charge is 0.228 e. The number of carbonyl (C=O) groups excluding carboxylic acids is 2. The molecule has 0 aliphatic heterocycles. The van der Waals surface area contributed by atoms with E-state index in [1.54, 1.807) is 0 Å². The van der Waals surface area contributed by atoms with E-state index < -0.39 is 0 Å². The molecule has 4 heteroatoms. The van der Waals surface area contributed by atoms with Gasteiger partial charge >= 0.3 is 0 Å². The van der Waals surface area contributed by atoms with E-state index in [4.69, 9.17) is 0 Å². The molecule has 0 bridgehead atoms. The quantitative estimate of drug-likeness (QED) is 0.763. The number of carbonyl (C=O) groups is 2. The zero-order valence-corrected chi connectivity index (χ0v) is 15.4. The van der Waals surface area contributed by atoms with Crippen LogP contribution in [0.5, 0.6) is 0 Å². The fraction of sp³-hybridized carbons (Fsp3) is 0.273. The van der Waals surface area contributed by atoms with Crippen LogP contribution in [-0.2, 0) is 9.59 Å². The average molecular weight is 348 g/mol. The average Bonchev–Trinajstić information content (AvgIpc) is 3.24. The van der Waals surface area contributed by atoms with Crippen molar-refractivity contribution in [2.75, 3.05) is 10.6 Å². The Morgan fingerprint density at radius 1 is 0.885 bits per heavy atom. The molecule has 0 saturated heterocycles. The van der Waals surface area contributed by atoms with Gasteiger partial charge < -0.3 is 10.6 Å². The molecule has 26 heavy (non-hydrogen) atoms.